The van der Waals surface area contributed by atoms with E-state index in [2.05, 4.69) is 41.8 Å². The number of methoxy groups -OCH3 is 2. The highest BCUT2D eigenvalue weighted by molar-refractivity contribution is 9.10. The topological polar surface area (TPSA) is 125 Å². The molecule has 0 bridgehead atoms. The van der Waals surface area contributed by atoms with Crippen molar-refractivity contribution in [2.75, 3.05) is 14.2 Å². The van der Waals surface area contributed by atoms with E-state index >= 15 is 0 Å². The molecular formula is C29H30Br2Cl2N3O5P. The van der Waals surface area contributed by atoms with E-state index in [0.29, 0.717) is 45.1 Å². The average molecular weight is 768 g/mol. The number of ketones is 1. The van der Waals surface area contributed by atoms with Gasteiger partial charge in [-0.3, -0.25) is 4.79 Å². The number of halogens is 4. The van der Waals surface area contributed by atoms with Gasteiger partial charge in [0, 0.05) is 23.0 Å². The van der Waals surface area contributed by atoms with Crippen molar-refractivity contribution in [2.45, 2.75) is 19.4 Å². The zero-order valence-electron chi connectivity index (χ0n) is 25.6. The van der Waals surface area contributed by atoms with Crippen LogP contribution < -0.4 is 15.2 Å². The van der Waals surface area contributed by atoms with Crippen molar-refractivity contribution < 1.29 is 24.2 Å². The Morgan fingerprint density at radius 2 is 1.26 bits per heavy atom. The maximum absolute atomic E-state index is 12.2. The predicted octanol–water partition coefficient (Wildman–Crippen LogP) is 7.73. The number of hydrogen-bond acceptors (Lipinski definition) is 7. The molecule has 4 rings (SSSR count). The molecule has 0 saturated heterocycles. The van der Waals surface area contributed by atoms with E-state index in [9.17, 15) is 9.59 Å². The van der Waals surface area contributed by atoms with E-state index in [1.807, 2.05) is 48.5 Å². The van der Waals surface area contributed by atoms with E-state index in [-0.39, 0.29) is 17.2 Å². The molecule has 3 N–H and O–H groups in total. The Morgan fingerprint density at radius 1 is 0.833 bits per heavy atom. The van der Waals surface area contributed by atoms with E-state index in [1.165, 1.54) is 14.2 Å². The summed E-state index contributed by atoms with van der Waals surface area (Å²) in [5.74, 6) is -0.397. The first-order valence-corrected chi connectivity index (χ1v) is 14.3. The number of nitrogens with two attached hydrogens (primary N) is 1. The first kappa shape index (κ1) is 32.3. The summed E-state index contributed by atoms with van der Waals surface area (Å²) in [5.41, 5.74) is 7.80. The fourth-order valence-electron chi connectivity index (χ4n) is 3.18. The molecule has 0 aliphatic carbocycles. The zero-order chi connectivity index (χ0) is 33.9. The molecule has 2 heterocycles. The number of aromatic carboxylic acids is 1. The van der Waals surface area contributed by atoms with Crippen molar-refractivity contribution in [3.8, 4) is 11.5 Å². The summed E-state index contributed by atoms with van der Waals surface area (Å²) in [6.45, 7) is 0.581. The molecule has 13 heteroatoms. The lowest BCUT2D eigenvalue weighted by atomic mass is 10.1. The largest absolute Gasteiger partial charge is 0.494 e. The van der Waals surface area contributed by atoms with Crippen LogP contribution in [-0.2, 0) is 13.0 Å². The van der Waals surface area contributed by atoms with Gasteiger partial charge in [-0.1, -0.05) is 47.5 Å². The highest BCUT2D eigenvalue weighted by atomic mass is 79.9. The number of aromatic nitrogens is 2. The maximum Gasteiger partial charge on any atom is 0.358 e. The van der Waals surface area contributed by atoms with Crippen molar-refractivity contribution in [2.24, 2.45) is 5.73 Å². The van der Waals surface area contributed by atoms with Gasteiger partial charge in [0.1, 0.15) is 20.6 Å². The molecule has 2 aromatic heterocycles. The monoisotopic (exact) mass is 765 g/mol. The van der Waals surface area contributed by atoms with E-state index < -0.39 is 15.7 Å². The number of pyridine rings is 2. The van der Waals surface area contributed by atoms with Crippen LogP contribution in [0, 0.1) is 0 Å². The molecule has 42 heavy (non-hydrogen) atoms. The first-order valence-electron chi connectivity index (χ1n) is 13.3. The number of Topliss-reactive ketones (excluding diaryl/α,β-unsaturated/α-hetero) is 1. The summed E-state index contributed by atoms with van der Waals surface area (Å²) in [6.07, 6.45) is 1.02. The number of ether oxygens (including phenoxy) is 2. The minimum Gasteiger partial charge on any atom is -0.494 e. The molecule has 224 valence electrons. The fraction of sp³-hybridized carbons (Fsp3) is 0.172. The van der Waals surface area contributed by atoms with Crippen LogP contribution in [0.1, 0.15) is 38.5 Å². The van der Waals surface area contributed by atoms with Gasteiger partial charge >= 0.3 is 5.97 Å². The molecule has 0 radical (unpaired) electrons. The maximum atomic E-state index is 12.2. The predicted molar refractivity (Wildman–Crippen MR) is 178 cm³/mol. The number of aryl methyl sites for hydroxylation is 1. The van der Waals surface area contributed by atoms with Crippen molar-refractivity contribution >= 4 is 76.5 Å². The number of nitrogens with zero attached hydrogens (tertiary/aromatic N) is 2. The van der Waals surface area contributed by atoms with Crippen molar-refractivity contribution in [3.05, 3.63) is 115 Å². The molecule has 0 atom stereocenters. The second-order valence-electron chi connectivity index (χ2n) is 8.06. The number of carbonyl (C=O) groups excluding carboxylic acids is 1. The van der Waals surface area contributed by atoms with Crippen molar-refractivity contribution in [3.63, 3.8) is 0 Å². The quantitative estimate of drug-likeness (QED) is 0.106. The van der Waals surface area contributed by atoms with Gasteiger partial charge in [-0.05, 0) is 97.9 Å². The zero-order valence-corrected chi connectivity index (χ0v) is 28.1. The first-order chi connectivity index (χ1) is 21.3. The number of carboxylic acids is 1. The Hall–Kier alpha value is -2.59. The SMILES string of the molecule is COc1ccc(Br)nc1C(=O)CCc1ccc(Cl)cc1.COc1ccc(Br)nc1C(=O)O.NCc1ccc(Cl)cc1.[3H]P([3H])[3H]. The Bertz CT molecular complexity index is 1510. The molecule has 0 amide bonds. The van der Waals surface area contributed by atoms with Crippen LogP contribution in [0.2, 0.25) is 10.0 Å². The fourth-order valence-corrected chi connectivity index (χ4v) is 4.05. The van der Waals surface area contributed by atoms with Crippen LogP contribution in [0.25, 0.3) is 0 Å². The summed E-state index contributed by atoms with van der Waals surface area (Å²) in [7, 11) is 1.06. The molecule has 0 unspecified atom stereocenters. The molecule has 0 aliphatic rings. The molecular weight excluding hydrogens is 732 g/mol. The standard InChI is InChI=1S/C15H13BrClNO2.C7H6BrNO3.C7H8ClN.H3P/c1-20-13-8-9-14(16)18-15(13)12(19)7-4-10-2-5-11(17)6-3-10;1-12-4-2-3-5(8)9-6(4)7(10)11;8-7-3-1-6(5-9)2-4-7;/h2-3,5-6,8-9H,4,7H2,1H3;2-3H,1H3,(H,10,11);1-4H,5,9H2;1H3/i;;;1T3. The Morgan fingerprint density at radius 3 is 1.69 bits per heavy atom. The molecule has 0 saturated carbocycles. The van der Waals surface area contributed by atoms with Crippen LogP contribution >= 0.6 is 64.8 Å². The highest BCUT2D eigenvalue weighted by Crippen LogP contribution is 2.22. The van der Waals surface area contributed by atoms with E-state index in [1.54, 1.807) is 24.3 Å². The van der Waals surface area contributed by atoms with Crippen LogP contribution in [0.15, 0.2) is 82.0 Å². The van der Waals surface area contributed by atoms with Crippen LogP contribution in [0.3, 0.4) is 0 Å². The molecule has 0 fully saturated rings. The molecule has 8 nitrogen and oxygen atoms in total. The Labute approximate surface area is 278 Å². The number of hydrogen-bond donors (Lipinski definition) is 2. The number of carboxylic acid groups (broad SMARTS) is 1. The van der Waals surface area contributed by atoms with Crippen LogP contribution in [0.5, 0.6) is 11.5 Å². The highest BCUT2D eigenvalue weighted by Gasteiger charge is 2.15. The summed E-state index contributed by atoms with van der Waals surface area (Å²) < 4.78 is 29.0. The lowest BCUT2D eigenvalue weighted by Crippen LogP contribution is -2.06. The Balaban J connectivity index is 0.000000344. The molecule has 0 aliphatic heterocycles. The van der Waals surface area contributed by atoms with Gasteiger partial charge in [-0.25, -0.2) is 14.8 Å². The normalized spacial score (nSPS) is 10.6. The smallest absolute Gasteiger partial charge is 0.358 e. The van der Waals surface area contributed by atoms with Gasteiger partial charge in [0.25, 0.3) is 0 Å². The van der Waals surface area contributed by atoms with Gasteiger partial charge in [0.15, 0.2) is 17.2 Å². The van der Waals surface area contributed by atoms with Gasteiger partial charge in [-0.15, -0.1) is 0 Å². The van der Waals surface area contributed by atoms with E-state index in [4.69, 9.17) is 47.4 Å². The minimum absolute atomic E-state index is 0.0434. The van der Waals surface area contributed by atoms with Gasteiger partial charge in [-0.2, -0.15) is 9.73 Å². The number of carbonyl (C=O) groups is 2. The summed E-state index contributed by atoms with van der Waals surface area (Å²) in [4.78, 5) is 30.7. The third-order valence-electron chi connectivity index (χ3n) is 5.26. The number of rotatable bonds is 8. The number of benzene rings is 2. The molecule has 2 aromatic carbocycles. The minimum atomic E-state index is -1.87. The Kier molecular flexibility index (Phi) is 15.1. The third kappa shape index (κ3) is 12.7. The lowest BCUT2D eigenvalue weighted by Gasteiger charge is -2.07. The second-order valence-corrected chi connectivity index (χ2v) is 10.6. The third-order valence-corrected chi connectivity index (χ3v) is 6.65. The van der Waals surface area contributed by atoms with Crippen LogP contribution in [-0.4, -0.2) is 44.9 Å². The van der Waals surface area contributed by atoms with Crippen LogP contribution in [0.4, 0.5) is 0 Å². The molecule has 0 spiro atoms. The van der Waals surface area contributed by atoms with Crippen molar-refractivity contribution in [1.29, 1.82) is 3.84 Å². The summed E-state index contributed by atoms with van der Waals surface area (Å²) >= 11 is 17.8. The van der Waals surface area contributed by atoms with Gasteiger partial charge in [0.2, 0.25) is 0 Å². The average Bonchev–Trinajstić information content (AvgIpc) is 3.01. The van der Waals surface area contributed by atoms with Gasteiger partial charge in [0.05, 0.1) is 18.1 Å². The summed E-state index contributed by atoms with van der Waals surface area (Å²) in [5, 5.41) is 10.1. The second kappa shape index (κ2) is 19.6. The van der Waals surface area contributed by atoms with Crippen molar-refractivity contribution in [1.82, 2.24) is 9.97 Å². The molecule has 4 aromatic rings. The van der Waals surface area contributed by atoms with E-state index in [0.717, 1.165) is 16.1 Å². The lowest BCUT2D eigenvalue weighted by molar-refractivity contribution is 0.0686. The summed E-state index contributed by atoms with van der Waals surface area (Å²) in [6, 6.07) is 21.6. The van der Waals surface area contributed by atoms with Gasteiger partial charge < -0.3 is 20.3 Å².